The number of carboxylic acid groups (broad SMARTS) is 2. The van der Waals surface area contributed by atoms with Crippen molar-refractivity contribution in [2.75, 3.05) is 5.88 Å². The summed E-state index contributed by atoms with van der Waals surface area (Å²) in [6, 6.07) is 0. The summed E-state index contributed by atoms with van der Waals surface area (Å²) in [5.74, 6) is -2.37. The largest absolute Gasteiger partial charge is 0.481 e. The molecule has 0 aromatic heterocycles. The quantitative estimate of drug-likeness (QED) is 0.764. The number of allylic oxidation sites excluding steroid dienone is 2. The molecule has 6 heteroatoms. The summed E-state index contributed by atoms with van der Waals surface area (Å²) >= 11 is 11.5. The lowest BCUT2D eigenvalue weighted by molar-refractivity contribution is -0.145. The molecular formula is C10H10Cl2O4. The number of halogens is 2. The first-order chi connectivity index (χ1) is 7.32. The Kier molecular flexibility index (Phi) is 3.65. The summed E-state index contributed by atoms with van der Waals surface area (Å²) in [4.78, 5) is 22.0. The fourth-order valence-electron chi connectivity index (χ4n) is 1.51. The van der Waals surface area contributed by atoms with Crippen molar-refractivity contribution in [3.63, 3.8) is 0 Å². The Balaban J connectivity index is 3.29. The lowest BCUT2D eigenvalue weighted by atomic mass is 9.77. The molecule has 0 bridgehead atoms. The van der Waals surface area contributed by atoms with Crippen molar-refractivity contribution in [1.82, 2.24) is 0 Å². The number of carboxylic acids is 2. The Bertz CT molecular complexity index is 400. The van der Waals surface area contributed by atoms with E-state index in [4.69, 9.17) is 33.4 Å². The van der Waals surface area contributed by atoms with Crippen molar-refractivity contribution in [3.05, 3.63) is 23.3 Å². The monoisotopic (exact) mass is 264 g/mol. The summed E-state index contributed by atoms with van der Waals surface area (Å²) in [5, 5.41) is 16.9. The van der Waals surface area contributed by atoms with Gasteiger partial charge in [-0.05, 0) is 18.6 Å². The normalized spacial score (nSPS) is 29.3. The average Bonchev–Trinajstić information content (AvgIpc) is 2.21. The van der Waals surface area contributed by atoms with Crippen molar-refractivity contribution in [3.8, 4) is 0 Å². The van der Waals surface area contributed by atoms with Gasteiger partial charge < -0.3 is 10.2 Å². The molecule has 0 aromatic carbocycles. The Morgan fingerprint density at radius 1 is 1.50 bits per heavy atom. The molecule has 0 heterocycles. The molecule has 2 N–H and O–H groups in total. The van der Waals surface area contributed by atoms with E-state index >= 15 is 0 Å². The third-order valence-electron chi connectivity index (χ3n) is 2.49. The predicted molar refractivity (Wildman–Crippen MR) is 59.9 cm³/mol. The van der Waals surface area contributed by atoms with Crippen LogP contribution in [0.15, 0.2) is 23.3 Å². The molecular weight excluding hydrogens is 255 g/mol. The minimum atomic E-state index is -1.45. The zero-order chi connectivity index (χ0) is 12.5. The molecule has 0 aliphatic heterocycles. The van der Waals surface area contributed by atoms with Gasteiger partial charge in [0.1, 0.15) is 5.41 Å². The minimum Gasteiger partial charge on any atom is -0.481 e. The van der Waals surface area contributed by atoms with Crippen molar-refractivity contribution < 1.29 is 19.8 Å². The van der Waals surface area contributed by atoms with Gasteiger partial charge in [-0.3, -0.25) is 4.79 Å². The number of carbonyl (C=O) groups is 2. The second-order valence-corrected chi connectivity index (χ2v) is 4.41. The Morgan fingerprint density at radius 2 is 2.06 bits per heavy atom. The highest BCUT2D eigenvalue weighted by molar-refractivity contribution is 6.28. The molecule has 0 saturated carbocycles. The highest BCUT2D eigenvalue weighted by atomic mass is 35.5. The molecule has 0 fully saturated rings. The highest BCUT2D eigenvalue weighted by Crippen LogP contribution is 2.38. The molecule has 2 unspecified atom stereocenters. The third kappa shape index (κ3) is 2.08. The van der Waals surface area contributed by atoms with Gasteiger partial charge in [-0.1, -0.05) is 6.08 Å². The molecule has 1 rings (SSSR count). The van der Waals surface area contributed by atoms with Crippen LogP contribution in [-0.2, 0) is 9.59 Å². The van der Waals surface area contributed by atoms with E-state index < -0.39 is 22.7 Å². The lowest BCUT2D eigenvalue weighted by Crippen LogP contribution is -2.40. The molecule has 0 radical (unpaired) electrons. The van der Waals surface area contributed by atoms with Crippen LogP contribution >= 0.6 is 23.2 Å². The standard InChI is InChI=1S/C10H10Cl2O4/c1-10(9(15)16)3-5(4-11)2-6(7(10)12)8(13)14/h2-3,7H,4H2,1H3,(H,13,14)(H,15,16). The molecule has 4 nitrogen and oxygen atoms in total. The van der Waals surface area contributed by atoms with E-state index in [9.17, 15) is 9.59 Å². The average molecular weight is 265 g/mol. The predicted octanol–water partition coefficient (Wildman–Crippen LogP) is 1.87. The van der Waals surface area contributed by atoms with Crippen LogP contribution < -0.4 is 0 Å². The summed E-state index contributed by atoms with van der Waals surface area (Å²) in [7, 11) is 0. The molecule has 1 aliphatic carbocycles. The zero-order valence-electron chi connectivity index (χ0n) is 8.41. The first-order valence-corrected chi connectivity index (χ1v) is 5.40. The van der Waals surface area contributed by atoms with Gasteiger partial charge >= 0.3 is 11.9 Å². The van der Waals surface area contributed by atoms with E-state index in [0.717, 1.165) is 0 Å². The summed E-state index contributed by atoms with van der Waals surface area (Å²) < 4.78 is 0. The number of hydrogen-bond donors (Lipinski definition) is 2. The minimum absolute atomic E-state index is 0.0449. The van der Waals surface area contributed by atoms with Gasteiger partial charge in [-0.2, -0.15) is 0 Å². The Hall–Kier alpha value is -1.00. The molecule has 0 spiro atoms. The van der Waals surface area contributed by atoms with E-state index in [2.05, 4.69) is 0 Å². The van der Waals surface area contributed by atoms with Gasteiger partial charge in [0, 0.05) is 5.88 Å². The first kappa shape index (κ1) is 13.1. The van der Waals surface area contributed by atoms with Gasteiger partial charge in [0.25, 0.3) is 0 Å². The first-order valence-electron chi connectivity index (χ1n) is 4.43. The van der Waals surface area contributed by atoms with E-state index in [-0.39, 0.29) is 11.5 Å². The van der Waals surface area contributed by atoms with Crippen LogP contribution in [0.5, 0.6) is 0 Å². The molecule has 16 heavy (non-hydrogen) atoms. The van der Waals surface area contributed by atoms with Crippen molar-refractivity contribution >= 4 is 35.1 Å². The number of aliphatic carboxylic acids is 2. The highest BCUT2D eigenvalue weighted by Gasteiger charge is 2.44. The lowest BCUT2D eigenvalue weighted by Gasteiger charge is -2.31. The number of alkyl halides is 2. The van der Waals surface area contributed by atoms with E-state index in [1.165, 1.54) is 19.1 Å². The van der Waals surface area contributed by atoms with Gasteiger partial charge in [0.2, 0.25) is 0 Å². The Labute approximate surface area is 102 Å². The van der Waals surface area contributed by atoms with E-state index in [1.807, 2.05) is 0 Å². The van der Waals surface area contributed by atoms with Gasteiger partial charge in [-0.15, -0.1) is 23.2 Å². The second-order valence-electron chi connectivity index (χ2n) is 3.71. The van der Waals surface area contributed by atoms with E-state index in [0.29, 0.717) is 5.57 Å². The van der Waals surface area contributed by atoms with Crippen LogP contribution in [-0.4, -0.2) is 33.4 Å². The maximum Gasteiger partial charge on any atom is 0.333 e. The van der Waals surface area contributed by atoms with Crippen molar-refractivity contribution in [2.45, 2.75) is 12.3 Å². The molecule has 1 aliphatic rings. The molecule has 0 aromatic rings. The van der Waals surface area contributed by atoms with Crippen LogP contribution in [0.4, 0.5) is 0 Å². The van der Waals surface area contributed by atoms with Crippen molar-refractivity contribution in [2.24, 2.45) is 5.41 Å². The second kappa shape index (κ2) is 4.47. The summed E-state index contributed by atoms with van der Waals surface area (Å²) in [5.41, 5.74) is -1.15. The maximum absolute atomic E-state index is 11.1. The smallest absolute Gasteiger partial charge is 0.333 e. The topological polar surface area (TPSA) is 74.6 Å². The molecule has 88 valence electrons. The van der Waals surface area contributed by atoms with E-state index in [1.54, 1.807) is 0 Å². The number of hydrogen-bond acceptors (Lipinski definition) is 2. The van der Waals surface area contributed by atoms with Crippen LogP contribution in [0.3, 0.4) is 0 Å². The summed E-state index contributed by atoms with van der Waals surface area (Å²) in [6.07, 6.45) is 2.71. The molecule has 0 amide bonds. The SMILES string of the molecule is CC1(C(=O)O)C=C(CCl)C=C(C(=O)O)C1Cl. The van der Waals surface area contributed by atoms with Crippen LogP contribution in [0.25, 0.3) is 0 Å². The van der Waals surface area contributed by atoms with Crippen LogP contribution in [0.2, 0.25) is 0 Å². The number of rotatable bonds is 3. The zero-order valence-corrected chi connectivity index (χ0v) is 9.92. The van der Waals surface area contributed by atoms with Gasteiger partial charge in [0.15, 0.2) is 0 Å². The fraction of sp³-hybridized carbons (Fsp3) is 0.400. The third-order valence-corrected chi connectivity index (χ3v) is 3.48. The molecule has 0 saturated heterocycles. The Morgan fingerprint density at radius 3 is 2.44 bits per heavy atom. The van der Waals surface area contributed by atoms with Gasteiger partial charge in [0.05, 0.1) is 11.0 Å². The maximum atomic E-state index is 11.1. The fourth-order valence-corrected chi connectivity index (χ4v) is 1.98. The van der Waals surface area contributed by atoms with Crippen LogP contribution in [0.1, 0.15) is 6.92 Å². The van der Waals surface area contributed by atoms with Crippen molar-refractivity contribution in [1.29, 1.82) is 0 Å². The molecule has 2 atom stereocenters. The van der Waals surface area contributed by atoms with Crippen LogP contribution in [0, 0.1) is 5.41 Å². The summed E-state index contributed by atoms with van der Waals surface area (Å²) in [6.45, 7) is 1.37. The van der Waals surface area contributed by atoms with Gasteiger partial charge in [-0.25, -0.2) is 4.79 Å².